The zero-order chi connectivity index (χ0) is 12.5. The van der Waals surface area contributed by atoms with Gasteiger partial charge in [0, 0.05) is 12.1 Å². The van der Waals surface area contributed by atoms with Crippen molar-refractivity contribution in [1.29, 1.82) is 0 Å². The number of hydrogen-bond acceptors (Lipinski definition) is 2. The van der Waals surface area contributed by atoms with Crippen LogP contribution in [0.3, 0.4) is 0 Å². The zero-order valence-electron chi connectivity index (χ0n) is 11.8. The average Bonchev–Trinajstić information content (AvgIpc) is 3.12. The quantitative estimate of drug-likeness (QED) is 0.786. The second-order valence-electron chi connectivity index (χ2n) is 7.35. The van der Waals surface area contributed by atoms with Gasteiger partial charge in [-0.05, 0) is 62.8 Å². The molecule has 3 saturated carbocycles. The minimum Gasteiger partial charge on any atom is -0.329 e. The van der Waals surface area contributed by atoms with Crippen LogP contribution in [-0.2, 0) is 0 Å². The topological polar surface area (TPSA) is 38.0 Å². The Balaban J connectivity index is 1.49. The maximum Gasteiger partial charge on any atom is 0.0304 e. The highest BCUT2D eigenvalue weighted by Gasteiger charge is 2.43. The highest BCUT2D eigenvalue weighted by molar-refractivity contribution is 5.00. The third-order valence-corrected chi connectivity index (χ3v) is 6.07. The molecular weight excluding hydrogens is 220 g/mol. The Hall–Kier alpha value is -0.0800. The molecule has 2 heteroatoms. The Bertz CT molecular complexity index is 267. The lowest BCUT2D eigenvalue weighted by molar-refractivity contribution is 0.114. The molecule has 3 N–H and O–H groups in total. The van der Waals surface area contributed by atoms with Gasteiger partial charge in [-0.3, -0.25) is 0 Å². The van der Waals surface area contributed by atoms with Crippen molar-refractivity contribution in [3.8, 4) is 0 Å². The van der Waals surface area contributed by atoms with Gasteiger partial charge in [0.25, 0.3) is 0 Å². The summed E-state index contributed by atoms with van der Waals surface area (Å²) in [6.07, 6.45) is 15.8. The third kappa shape index (κ3) is 2.75. The summed E-state index contributed by atoms with van der Waals surface area (Å²) in [6.45, 7) is 2.04. The van der Waals surface area contributed by atoms with Crippen molar-refractivity contribution in [3.63, 3.8) is 0 Å². The van der Waals surface area contributed by atoms with Crippen LogP contribution in [0.4, 0.5) is 0 Å². The number of nitrogens with one attached hydrogen (secondary N) is 1. The van der Waals surface area contributed by atoms with Crippen molar-refractivity contribution in [2.24, 2.45) is 17.1 Å². The van der Waals surface area contributed by atoms with Gasteiger partial charge in [0.05, 0.1) is 0 Å². The normalized spacial score (nSPS) is 29.8. The summed E-state index contributed by atoms with van der Waals surface area (Å²) >= 11 is 0. The standard InChI is InChI=1S/C16H30N2/c17-13-16(18-12-5-14-3-4-14)10-8-15(9-11-16)6-1-2-7-15/h14,18H,1-13,17H2. The molecule has 104 valence electrons. The highest BCUT2D eigenvalue weighted by Crippen LogP contribution is 2.51. The van der Waals surface area contributed by atoms with E-state index in [1.807, 2.05) is 0 Å². The number of hydrogen-bond donors (Lipinski definition) is 2. The van der Waals surface area contributed by atoms with Crippen molar-refractivity contribution in [2.45, 2.75) is 76.2 Å². The second-order valence-corrected chi connectivity index (χ2v) is 7.35. The first-order chi connectivity index (χ1) is 8.76. The van der Waals surface area contributed by atoms with Crippen LogP contribution in [0, 0.1) is 11.3 Å². The van der Waals surface area contributed by atoms with Crippen LogP contribution in [0.25, 0.3) is 0 Å². The molecule has 0 aromatic carbocycles. The fourth-order valence-corrected chi connectivity index (χ4v) is 4.28. The van der Waals surface area contributed by atoms with Crippen molar-refractivity contribution in [2.75, 3.05) is 13.1 Å². The molecule has 3 aliphatic carbocycles. The largest absolute Gasteiger partial charge is 0.329 e. The summed E-state index contributed by atoms with van der Waals surface area (Å²) in [5.74, 6) is 1.04. The highest BCUT2D eigenvalue weighted by atomic mass is 15.0. The van der Waals surface area contributed by atoms with E-state index in [4.69, 9.17) is 5.73 Å². The number of rotatable bonds is 5. The van der Waals surface area contributed by atoms with Gasteiger partial charge in [-0.25, -0.2) is 0 Å². The van der Waals surface area contributed by atoms with Crippen LogP contribution in [0.1, 0.15) is 70.6 Å². The molecule has 0 radical (unpaired) electrons. The Kier molecular flexibility index (Phi) is 3.68. The minimum absolute atomic E-state index is 0.294. The van der Waals surface area contributed by atoms with Gasteiger partial charge >= 0.3 is 0 Å². The van der Waals surface area contributed by atoms with E-state index >= 15 is 0 Å². The maximum absolute atomic E-state index is 6.10. The molecule has 0 heterocycles. The van der Waals surface area contributed by atoms with Gasteiger partial charge in [-0.1, -0.05) is 25.7 Å². The molecular formula is C16H30N2. The summed E-state index contributed by atoms with van der Waals surface area (Å²) in [4.78, 5) is 0. The molecule has 0 saturated heterocycles. The fraction of sp³-hybridized carbons (Fsp3) is 1.00. The van der Waals surface area contributed by atoms with Crippen molar-refractivity contribution >= 4 is 0 Å². The molecule has 18 heavy (non-hydrogen) atoms. The van der Waals surface area contributed by atoms with E-state index in [2.05, 4.69) is 5.32 Å². The van der Waals surface area contributed by atoms with E-state index in [-0.39, 0.29) is 0 Å². The molecule has 0 bridgehead atoms. The maximum atomic E-state index is 6.10. The molecule has 1 spiro atoms. The minimum atomic E-state index is 0.294. The molecule has 0 aromatic rings. The molecule has 3 fully saturated rings. The van der Waals surface area contributed by atoms with E-state index in [1.54, 1.807) is 0 Å². The van der Waals surface area contributed by atoms with Crippen LogP contribution < -0.4 is 11.1 Å². The average molecular weight is 250 g/mol. The first-order valence-corrected chi connectivity index (χ1v) is 8.21. The van der Waals surface area contributed by atoms with Crippen molar-refractivity contribution in [1.82, 2.24) is 5.32 Å². The summed E-state index contributed by atoms with van der Waals surface area (Å²) in [5, 5.41) is 3.84. The van der Waals surface area contributed by atoms with Gasteiger partial charge in [-0.2, -0.15) is 0 Å². The van der Waals surface area contributed by atoms with E-state index in [1.165, 1.54) is 77.2 Å². The van der Waals surface area contributed by atoms with E-state index in [9.17, 15) is 0 Å². The van der Waals surface area contributed by atoms with Gasteiger partial charge in [0.2, 0.25) is 0 Å². The van der Waals surface area contributed by atoms with Crippen molar-refractivity contribution in [3.05, 3.63) is 0 Å². The zero-order valence-corrected chi connectivity index (χ0v) is 11.8. The number of nitrogens with two attached hydrogens (primary N) is 1. The van der Waals surface area contributed by atoms with Crippen LogP contribution in [0.15, 0.2) is 0 Å². The van der Waals surface area contributed by atoms with Crippen LogP contribution >= 0.6 is 0 Å². The van der Waals surface area contributed by atoms with Crippen molar-refractivity contribution < 1.29 is 0 Å². The van der Waals surface area contributed by atoms with Gasteiger partial charge < -0.3 is 11.1 Å². The van der Waals surface area contributed by atoms with Crippen LogP contribution in [0.2, 0.25) is 0 Å². The molecule has 2 nitrogen and oxygen atoms in total. The Morgan fingerprint density at radius 2 is 1.61 bits per heavy atom. The first kappa shape index (κ1) is 12.9. The van der Waals surface area contributed by atoms with Crippen LogP contribution in [-0.4, -0.2) is 18.6 Å². The summed E-state index contributed by atoms with van der Waals surface area (Å²) in [7, 11) is 0. The monoisotopic (exact) mass is 250 g/mol. The lowest BCUT2D eigenvalue weighted by Crippen LogP contribution is -2.54. The Morgan fingerprint density at radius 1 is 0.944 bits per heavy atom. The van der Waals surface area contributed by atoms with E-state index in [0.717, 1.165) is 17.9 Å². The van der Waals surface area contributed by atoms with E-state index in [0.29, 0.717) is 5.54 Å². The lowest BCUT2D eigenvalue weighted by Gasteiger charge is -2.45. The molecule has 0 unspecified atom stereocenters. The van der Waals surface area contributed by atoms with Gasteiger partial charge in [-0.15, -0.1) is 0 Å². The van der Waals surface area contributed by atoms with Gasteiger partial charge in [0.1, 0.15) is 0 Å². The Morgan fingerprint density at radius 3 is 2.17 bits per heavy atom. The molecule has 3 rings (SSSR count). The molecule has 0 aromatic heterocycles. The smallest absolute Gasteiger partial charge is 0.0304 e. The molecule has 0 atom stereocenters. The Labute approximate surface area is 112 Å². The second kappa shape index (κ2) is 5.13. The van der Waals surface area contributed by atoms with Gasteiger partial charge in [0.15, 0.2) is 0 Å². The fourth-order valence-electron chi connectivity index (χ4n) is 4.28. The molecule has 0 amide bonds. The SMILES string of the molecule is NCC1(NCCC2CC2)CCC2(CCCC2)CC1. The summed E-state index contributed by atoms with van der Waals surface area (Å²) in [5.41, 5.74) is 7.12. The molecule has 3 aliphatic rings. The predicted molar refractivity (Wildman–Crippen MR) is 76.5 cm³/mol. The lowest BCUT2D eigenvalue weighted by atomic mass is 9.66. The molecule has 0 aliphatic heterocycles. The summed E-state index contributed by atoms with van der Waals surface area (Å²) < 4.78 is 0. The predicted octanol–water partition coefficient (Wildman–Crippen LogP) is 3.21. The third-order valence-electron chi connectivity index (χ3n) is 6.07. The van der Waals surface area contributed by atoms with Crippen LogP contribution in [0.5, 0.6) is 0 Å². The van der Waals surface area contributed by atoms with E-state index < -0.39 is 0 Å². The summed E-state index contributed by atoms with van der Waals surface area (Å²) in [6, 6.07) is 0. The first-order valence-electron chi connectivity index (χ1n) is 8.21.